The lowest BCUT2D eigenvalue weighted by Crippen LogP contribution is -2.47. The summed E-state index contributed by atoms with van der Waals surface area (Å²) in [6, 6.07) is 7.44. The smallest absolute Gasteiger partial charge is 0.324 e. The molecule has 0 aliphatic heterocycles. The van der Waals surface area contributed by atoms with E-state index in [9.17, 15) is 4.79 Å². The SMILES string of the molecule is COc1cccc(SCC(C)(N)C(=O)O)c1. The molecule has 88 valence electrons. The number of ether oxygens (including phenoxy) is 1. The van der Waals surface area contributed by atoms with Gasteiger partial charge in [-0.3, -0.25) is 4.79 Å². The first-order valence-corrected chi connectivity index (χ1v) is 5.73. The molecule has 1 unspecified atom stereocenters. The molecule has 0 aromatic heterocycles. The van der Waals surface area contributed by atoms with Gasteiger partial charge in [-0.05, 0) is 25.1 Å². The first kappa shape index (κ1) is 12.9. The number of carboxylic acids is 1. The van der Waals surface area contributed by atoms with Gasteiger partial charge in [0.2, 0.25) is 0 Å². The highest BCUT2D eigenvalue weighted by atomic mass is 32.2. The summed E-state index contributed by atoms with van der Waals surface area (Å²) in [6.07, 6.45) is 0. The van der Waals surface area contributed by atoms with E-state index in [-0.39, 0.29) is 0 Å². The number of aliphatic carboxylic acids is 1. The molecule has 16 heavy (non-hydrogen) atoms. The van der Waals surface area contributed by atoms with E-state index in [1.165, 1.54) is 18.7 Å². The Labute approximate surface area is 98.8 Å². The van der Waals surface area contributed by atoms with Crippen molar-refractivity contribution in [2.24, 2.45) is 5.73 Å². The first-order valence-electron chi connectivity index (χ1n) is 4.75. The van der Waals surface area contributed by atoms with Crippen molar-refractivity contribution in [1.82, 2.24) is 0 Å². The largest absolute Gasteiger partial charge is 0.497 e. The van der Waals surface area contributed by atoms with Gasteiger partial charge in [0.05, 0.1) is 7.11 Å². The fraction of sp³-hybridized carbons (Fsp3) is 0.364. The average molecular weight is 241 g/mol. The molecule has 0 bridgehead atoms. The van der Waals surface area contributed by atoms with Crippen LogP contribution in [0, 0.1) is 0 Å². The summed E-state index contributed by atoms with van der Waals surface area (Å²) in [4.78, 5) is 11.7. The third kappa shape index (κ3) is 3.43. The number of rotatable bonds is 5. The van der Waals surface area contributed by atoms with E-state index in [1.807, 2.05) is 24.3 Å². The topological polar surface area (TPSA) is 72.5 Å². The molecular weight excluding hydrogens is 226 g/mol. The van der Waals surface area contributed by atoms with Gasteiger partial charge in [0.15, 0.2) is 0 Å². The fourth-order valence-electron chi connectivity index (χ4n) is 0.986. The predicted octanol–water partition coefficient (Wildman–Crippen LogP) is 1.59. The highest BCUT2D eigenvalue weighted by molar-refractivity contribution is 7.99. The summed E-state index contributed by atoms with van der Waals surface area (Å²) >= 11 is 1.40. The number of methoxy groups -OCH3 is 1. The number of carbonyl (C=O) groups is 1. The molecule has 1 atom stereocenters. The van der Waals surface area contributed by atoms with E-state index >= 15 is 0 Å². The molecule has 0 saturated heterocycles. The zero-order valence-electron chi connectivity index (χ0n) is 9.27. The second kappa shape index (κ2) is 5.23. The fourth-order valence-corrected chi connectivity index (χ4v) is 1.95. The number of nitrogens with two attached hydrogens (primary N) is 1. The summed E-state index contributed by atoms with van der Waals surface area (Å²) in [6.45, 7) is 1.50. The van der Waals surface area contributed by atoms with Crippen LogP contribution in [0.25, 0.3) is 0 Å². The van der Waals surface area contributed by atoms with Crippen LogP contribution in [-0.2, 0) is 4.79 Å². The minimum absolute atomic E-state index is 0.315. The highest BCUT2D eigenvalue weighted by Gasteiger charge is 2.27. The number of hydrogen-bond acceptors (Lipinski definition) is 4. The molecular formula is C11H15NO3S. The zero-order valence-corrected chi connectivity index (χ0v) is 10.1. The molecule has 0 radical (unpaired) electrons. The van der Waals surface area contributed by atoms with E-state index in [1.54, 1.807) is 7.11 Å². The molecule has 0 spiro atoms. The second-order valence-corrected chi connectivity index (χ2v) is 4.74. The Balaban J connectivity index is 2.64. The molecule has 0 heterocycles. The lowest BCUT2D eigenvalue weighted by atomic mass is 10.1. The van der Waals surface area contributed by atoms with Crippen molar-refractivity contribution >= 4 is 17.7 Å². The predicted molar refractivity (Wildman–Crippen MR) is 63.9 cm³/mol. The van der Waals surface area contributed by atoms with Gasteiger partial charge in [-0.2, -0.15) is 0 Å². The molecule has 1 aromatic rings. The zero-order chi connectivity index (χ0) is 12.2. The highest BCUT2D eigenvalue weighted by Crippen LogP contribution is 2.25. The quantitative estimate of drug-likeness (QED) is 0.766. The number of carboxylic acid groups (broad SMARTS) is 1. The van der Waals surface area contributed by atoms with Crippen molar-refractivity contribution in [3.63, 3.8) is 0 Å². The Bertz CT molecular complexity index is 379. The van der Waals surface area contributed by atoms with Gasteiger partial charge in [-0.25, -0.2) is 0 Å². The minimum Gasteiger partial charge on any atom is -0.497 e. The Morgan fingerprint density at radius 3 is 2.88 bits per heavy atom. The van der Waals surface area contributed by atoms with E-state index in [4.69, 9.17) is 15.6 Å². The van der Waals surface area contributed by atoms with Crippen molar-refractivity contribution < 1.29 is 14.6 Å². The maximum Gasteiger partial charge on any atom is 0.324 e. The van der Waals surface area contributed by atoms with Crippen LogP contribution in [0.15, 0.2) is 29.2 Å². The van der Waals surface area contributed by atoms with Crippen molar-refractivity contribution in [3.8, 4) is 5.75 Å². The molecule has 0 aliphatic rings. The summed E-state index contributed by atoms with van der Waals surface area (Å²) < 4.78 is 5.07. The van der Waals surface area contributed by atoms with Gasteiger partial charge < -0.3 is 15.6 Å². The third-order valence-electron chi connectivity index (χ3n) is 2.07. The van der Waals surface area contributed by atoms with Gasteiger partial charge in [0.1, 0.15) is 11.3 Å². The molecule has 0 amide bonds. The van der Waals surface area contributed by atoms with Gasteiger partial charge in [-0.1, -0.05) is 6.07 Å². The normalized spacial score (nSPS) is 14.2. The third-order valence-corrected chi connectivity index (χ3v) is 3.40. The Kier molecular flexibility index (Phi) is 4.20. The molecule has 4 nitrogen and oxygen atoms in total. The first-order chi connectivity index (χ1) is 7.45. The maximum atomic E-state index is 10.8. The number of hydrogen-bond donors (Lipinski definition) is 2. The molecule has 3 N–H and O–H groups in total. The van der Waals surface area contributed by atoms with Crippen LogP contribution < -0.4 is 10.5 Å². The summed E-state index contributed by atoms with van der Waals surface area (Å²) in [7, 11) is 1.59. The van der Waals surface area contributed by atoms with Crippen LogP contribution in [0.3, 0.4) is 0 Å². The number of thioether (sulfide) groups is 1. The maximum absolute atomic E-state index is 10.8. The van der Waals surface area contributed by atoms with E-state index in [0.717, 1.165) is 10.6 Å². The molecule has 0 fully saturated rings. The minimum atomic E-state index is -1.21. The molecule has 5 heteroatoms. The van der Waals surface area contributed by atoms with Crippen LogP contribution in [0.5, 0.6) is 5.75 Å². The average Bonchev–Trinajstić information content (AvgIpc) is 2.26. The lowest BCUT2D eigenvalue weighted by Gasteiger charge is -2.18. The van der Waals surface area contributed by atoms with E-state index < -0.39 is 11.5 Å². The monoisotopic (exact) mass is 241 g/mol. The lowest BCUT2D eigenvalue weighted by molar-refractivity contribution is -0.141. The van der Waals surface area contributed by atoms with Gasteiger partial charge in [0.25, 0.3) is 0 Å². The standard InChI is InChI=1S/C11H15NO3S/c1-11(12,10(13)14)7-16-9-5-3-4-8(6-9)15-2/h3-6H,7,12H2,1-2H3,(H,13,14). The van der Waals surface area contributed by atoms with Crippen LogP contribution in [0.2, 0.25) is 0 Å². The summed E-state index contributed by atoms with van der Waals surface area (Å²) in [5.74, 6) is 0.0668. The summed E-state index contributed by atoms with van der Waals surface area (Å²) in [5.41, 5.74) is 4.41. The number of benzene rings is 1. The van der Waals surface area contributed by atoms with E-state index in [2.05, 4.69) is 0 Å². The molecule has 1 aromatic carbocycles. The molecule has 0 aliphatic carbocycles. The van der Waals surface area contributed by atoms with Crippen molar-refractivity contribution in [2.45, 2.75) is 17.4 Å². The van der Waals surface area contributed by atoms with E-state index in [0.29, 0.717) is 5.75 Å². The van der Waals surface area contributed by atoms with Crippen LogP contribution in [0.4, 0.5) is 0 Å². The van der Waals surface area contributed by atoms with Crippen molar-refractivity contribution in [3.05, 3.63) is 24.3 Å². The van der Waals surface area contributed by atoms with Crippen LogP contribution in [-0.4, -0.2) is 29.5 Å². The molecule has 1 rings (SSSR count). The van der Waals surface area contributed by atoms with Crippen molar-refractivity contribution in [1.29, 1.82) is 0 Å². The van der Waals surface area contributed by atoms with Gasteiger partial charge in [-0.15, -0.1) is 11.8 Å². The van der Waals surface area contributed by atoms with Crippen LogP contribution in [0.1, 0.15) is 6.92 Å². The Morgan fingerprint density at radius 1 is 1.62 bits per heavy atom. The van der Waals surface area contributed by atoms with Gasteiger partial charge in [0, 0.05) is 10.6 Å². The van der Waals surface area contributed by atoms with Crippen LogP contribution >= 0.6 is 11.8 Å². The Morgan fingerprint density at radius 2 is 2.31 bits per heavy atom. The summed E-state index contributed by atoms with van der Waals surface area (Å²) in [5, 5.41) is 8.86. The molecule has 0 saturated carbocycles. The second-order valence-electron chi connectivity index (χ2n) is 3.69. The van der Waals surface area contributed by atoms with Crippen molar-refractivity contribution in [2.75, 3.05) is 12.9 Å². The van der Waals surface area contributed by atoms with Gasteiger partial charge >= 0.3 is 5.97 Å². The Hall–Kier alpha value is -1.20.